The van der Waals surface area contributed by atoms with Crippen molar-refractivity contribution < 1.29 is 5.11 Å². The quantitative estimate of drug-likeness (QED) is 0.782. The van der Waals surface area contributed by atoms with E-state index >= 15 is 0 Å². The lowest BCUT2D eigenvalue weighted by Gasteiger charge is -2.11. The van der Waals surface area contributed by atoms with Gasteiger partial charge < -0.3 is 10.8 Å². The molecule has 0 radical (unpaired) electrons. The topological polar surface area (TPSA) is 46.2 Å². The van der Waals surface area contributed by atoms with Crippen LogP contribution in [0.3, 0.4) is 0 Å². The maximum Gasteiger partial charge on any atom is 0.0550 e. The zero-order chi connectivity index (χ0) is 10.6. The summed E-state index contributed by atoms with van der Waals surface area (Å²) in [6, 6.07) is 5.66. The minimum absolute atomic E-state index is 0.164. The van der Waals surface area contributed by atoms with Crippen LogP contribution in [0.1, 0.15) is 12.5 Å². The first-order valence-electron chi connectivity index (χ1n) is 4.43. The predicted molar refractivity (Wildman–Crippen MR) is 61.7 cm³/mol. The molecular weight excluding hydrogens is 218 g/mol. The van der Waals surface area contributed by atoms with Crippen LogP contribution in [0.15, 0.2) is 23.1 Å². The van der Waals surface area contributed by atoms with E-state index in [1.165, 1.54) is 0 Å². The van der Waals surface area contributed by atoms with Crippen LogP contribution < -0.4 is 5.73 Å². The monoisotopic (exact) mass is 231 g/mol. The molecular formula is C10H14ClNOS. The highest BCUT2D eigenvalue weighted by Crippen LogP contribution is 2.28. The molecule has 1 aromatic carbocycles. The van der Waals surface area contributed by atoms with Crippen molar-refractivity contribution in [2.45, 2.75) is 23.6 Å². The van der Waals surface area contributed by atoms with Gasteiger partial charge in [0.05, 0.1) is 6.61 Å². The van der Waals surface area contributed by atoms with Gasteiger partial charge in [0.15, 0.2) is 0 Å². The van der Waals surface area contributed by atoms with Crippen molar-refractivity contribution in [3.63, 3.8) is 0 Å². The van der Waals surface area contributed by atoms with Gasteiger partial charge in [0.25, 0.3) is 0 Å². The molecule has 3 N–H and O–H groups in total. The Morgan fingerprint density at radius 1 is 1.57 bits per heavy atom. The van der Waals surface area contributed by atoms with Crippen molar-refractivity contribution >= 4 is 23.4 Å². The lowest BCUT2D eigenvalue weighted by atomic mass is 10.2. The molecule has 0 saturated heterocycles. The normalized spacial score (nSPS) is 12.9. The van der Waals surface area contributed by atoms with E-state index in [0.29, 0.717) is 11.6 Å². The maximum absolute atomic E-state index is 8.94. The molecule has 0 aliphatic carbocycles. The fraction of sp³-hybridized carbons (Fsp3) is 0.400. The first-order chi connectivity index (χ1) is 6.67. The molecule has 0 aliphatic rings. The third-order valence-electron chi connectivity index (χ3n) is 1.83. The van der Waals surface area contributed by atoms with Crippen LogP contribution in [0.4, 0.5) is 0 Å². The summed E-state index contributed by atoms with van der Waals surface area (Å²) in [7, 11) is 0. The summed E-state index contributed by atoms with van der Waals surface area (Å²) < 4.78 is 0. The predicted octanol–water partition coefficient (Wildman–Crippen LogP) is 2.27. The Morgan fingerprint density at radius 3 is 2.86 bits per heavy atom. The van der Waals surface area contributed by atoms with E-state index in [0.717, 1.165) is 10.5 Å². The minimum Gasteiger partial charge on any atom is -0.395 e. The van der Waals surface area contributed by atoms with E-state index in [-0.39, 0.29) is 11.9 Å². The van der Waals surface area contributed by atoms with Crippen molar-refractivity contribution in [3.05, 3.63) is 28.8 Å². The average molecular weight is 232 g/mol. The lowest BCUT2D eigenvalue weighted by Crippen LogP contribution is -2.04. The fourth-order valence-corrected chi connectivity index (χ4v) is 2.22. The van der Waals surface area contributed by atoms with Crippen LogP contribution in [0, 0.1) is 0 Å². The van der Waals surface area contributed by atoms with Crippen molar-refractivity contribution in [2.75, 3.05) is 6.61 Å². The van der Waals surface area contributed by atoms with Crippen molar-refractivity contribution in [2.24, 2.45) is 5.73 Å². The largest absolute Gasteiger partial charge is 0.395 e. The number of aliphatic hydroxyl groups excluding tert-OH is 1. The summed E-state index contributed by atoms with van der Waals surface area (Å²) in [5.41, 5.74) is 6.63. The Morgan fingerprint density at radius 2 is 2.29 bits per heavy atom. The zero-order valence-corrected chi connectivity index (χ0v) is 9.61. The van der Waals surface area contributed by atoms with Crippen LogP contribution in [0.25, 0.3) is 0 Å². The van der Waals surface area contributed by atoms with Gasteiger partial charge in [-0.1, -0.05) is 18.5 Å². The molecule has 1 aromatic rings. The van der Waals surface area contributed by atoms with Gasteiger partial charge in [0, 0.05) is 21.7 Å². The van der Waals surface area contributed by atoms with Crippen molar-refractivity contribution in [1.82, 2.24) is 0 Å². The SMILES string of the molecule is CC(CO)Sc1ccc(Cl)cc1CN. The summed E-state index contributed by atoms with van der Waals surface area (Å²) in [6.07, 6.45) is 0. The summed E-state index contributed by atoms with van der Waals surface area (Å²) in [6.45, 7) is 2.61. The van der Waals surface area contributed by atoms with Gasteiger partial charge in [-0.2, -0.15) is 0 Å². The second kappa shape index (κ2) is 5.61. The molecule has 0 amide bonds. The number of hydrogen-bond donors (Lipinski definition) is 2. The first-order valence-corrected chi connectivity index (χ1v) is 5.69. The number of aliphatic hydroxyl groups is 1. The standard InChI is InChI=1S/C10H14ClNOS/c1-7(6-13)14-10-3-2-9(11)4-8(10)5-12/h2-4,7,13H,5-6,12H2,1H3. The molecule has 0 aromatic heterocycles. The van der Waals surface area contributed by atoms with E-state index in [4.69, 9.17) is 22.4 Å². The number of rotatable bonds is 4. The maximum atomic E-state index is 8.94. The van der Waals surface area contributed by atoms with E-state index in [1.54, 1.807) is 11.8 Å². The molecule has 0 aliphatic heterocycles. The summed E-state index contributed by atoms with van der Waals surface area (Å²) in [4.78, 5) is 1.10. The van der Waals surface area contributed by atoms with Gasteiger partial charge >= 0.3 is 0 Å². The highest BCUT2D eigenvalue weighted by Gasteiger charge is 2.07. The Kier molecular flexibility index (Phi) is 4.75. The van der Waals surface area contributed by atoms with Crippen LogP contribution in [0.2, 0.25) is 5.02 Å². The molecule has 0 bridgehead atoms. The van der Waals surface area contributed by atoms with Crippen LogP contribution in [0.5, 0.6) is 0 Å². The van der Waals surface area contributed by atoms with Gasteiger partial charge in [-0.3, -0.25) is 0 Å². The fourth-order valence-electron chi connectivity index (χ4n) is 1.08. The average Bonchev–Trinajstić information content (AvgIpc) is 2.20. The van der Waals surface area contributed by atoms with Gasteiger partial charge in [-0.05, 0) is 23.8 Å². The van der Waals surface area contributed by atoms with Gasteiger partial charge in [0.1, 0.15) is 0 Å². The molecule has 0 spiro atoms. The number of hydrogen-bond acceptors (Lipinski definition) is 3. The molecule has 0 saturated carbocycles. The molecule has 1 atom stereocenters. The molecule has 4 heteroatoms. The number of thioether (sulfide) groups is 1. The Bertz CT molecular complexity index is 306. The van der Waals surface area contributed by atoms with Crippen LogP contribution in [-0.4, -0.2) is 17.0 Å². The van der Waals surface area contributed by atoms with Crippen molar-refractivity contribution in [3.8, 4) is 0 Å². The smallest absolute Gasteiger partial charge is 0.0550 e. The molecule has 2 nitrogen and oxygen atoms in total. The third-order valence-corrected chi connectivity index (χ3v) is 3.27. The summed E-state index contributed by atoms with van der Waals surface area (Å²) in [5, 5.41) is 9.82. The number of nitrogens with two attached hydrogens (primary N) is 1. The minimum atomic E-state index is 0.164. The molecule has 1 rings (SSSR count). The molecule has 78 valence electrons. The van der Waals surface area contributed by atoms with Crippen molar-refractivity contribution in [1.29, 1.82) is 0 Å². The van der Waals surface area contributed by atoms with E-state index < -0.39 is 0 Å². The third kappa shape index (κ3) is 3.17. The summed E-state index contributed by atoms with van der Waals surface area (Å²) in [5.74, 6) is 0. The van der Waals surface area contributed by atoms with Gasteiger partial charge in [0.2, 0.25) is 0 Å². The van der Waals surface area contributed by atoms with E-state index in [9.17, 15) is 0 Å². The first kappa shape index (κ1) is 11.9. The second-order valence-electron chi connectivity index (χ2n) is 3.07. The zero-order valence-electron chi connectivity index (χ0n) is 8.03. The number of benzene rings is 1. The highest BCUT2D eigenvalue weighted by molar-refractivity contribution is 8.00. The lowest BCUT2D eigenvalue weighted by molar-refractivity contribution is 0.300. The van der Waals surface area contributed by atoms with Gasteiger partial charge in [-0.25, -0.2) is 0 Å². The van der Waals surface area contributed by atoms with Crippen LogP contribution >= 0.6 is 23.4 Å². The van der Waals surface area contributed by atoms with Crippen LogP contribution in [-0.2, 0) is 6.54 Å². The Labute approximate surface area is 93.5 Å². The highest BCUT2D eigenvalue weighted by atomic mass is 35.5. The molecule has 14 heavy (non-hydrogen) atoms. The molecule has 1 unspecified atom stereocenters. The van der Waals surface area contributed by atoms with Gasteiger partial charge in [-0.15, -0.1) is 11.8 Å². The Hall–Kier alpha value is -0.220. The molecule has 0 heterocycles. The number of halogens is 1. The Balaban J connectivity index is 2.85. The summed E-state index contributed by atoms with van der Waals surface area (Å²) >= 11 is 7.47. The second-order valence-corrected chi connectivity index (χ2v) is 4.98. The van der Waals surface area contributed by atoms with E-state index in [2.05, 4.69) is 0 Å². The molecule has 0 fully saturated rings. The van der Waals surface area contributed by atoms with E-state index in [1.807, 2.05) is 25.1 Å².